The van der Waals surface area contributed by atoms with E-state index >= 15 is 0 Å². The fraction of sp³-hybridized carbons (Fsp3) is 0.348. The molecular formula is C46H52BrN11O3S2. The predicted octanol–water partition coefficient (Wildman–Crippen LogP) is 10.2. The number of hydrogen-bond acceptors (Lipinski definition) is 14. The molecule has 0 radical (unpaired) electrons. The Morgan fingerprint density at radius 1 is 0.746 bits per heavy atom. The predicted molar refractivity (Wildman–Crippen MR) is 258 cm³/mol. The van der Waals surface area contributed by atoms with Crippen LogP contribution in [0.15, 0.2) is 73.6 Å². The standard InChI is InChI=1S/C27H34N6O2S.C19H18BrN5OS/c1-17-24(25-23(36-17)14-28-26(31-25)30-20-13-29-32(4)16-20)21-7-6-18(12-22(21)35-5)15-33-10-8-19(9-11-33)27(2,3)34;1-11-17(14-5-4-12(7-20)6-15(14)26-3)18-16(27-11)9-21-19(24-18)23-13-8-22-25(2)10-13/h6-7,12-14,16,19,34H,8-11,15H2,1-5H3,(H,28,30,31);4-6,8-10H,7H2,1-3H3,(H,21,23,24). The Morgan fingerprint density at radius 3 is 1.65 bits per heavy atom. The second kappa shape index (κ2) is 18.7. The van der Waals surface area contributed by atoms with Crippen LogP contribution in [0.3, 0.4) is 0 Å². The van der Waals surface area contributed by atoms with Crippen LogP contribution in [0.2, 0.25) is 0 Å². The number of ether oxygens (including phenoxy) is 2. The third kappa shape index (κ3) is 9.87. The first-order valence-electron chi connectivity index (χ1n) is 20.7. The van der Waals surface area contributed by atoms with Crippen molar-refractivity contribution < 1.29 is 14.6 Å². The quantitative estimate of drug-likeness (QED) is 0.1000. The molecule has 3 N–H and O–H groups in total. The molecule has 1 aliphatic heterocycles. The molecule has 1 fully saturated rings. The van der Waals surface area contributed by atoms with Crippen molar-refractivity contribution in [2.75, 3.05) is 37.9 Å². The first-order chi connectivity index (χ1) is 30.3. The lowest BCUT2D eigenvalue weighted by atomic mass is 9.83. The molecule has 1 saturated heterocycles. The molecule has 1 aliphatic rings. The van der Waals surface area contributed by atoms with Crippen molar-refractivity contribution in [2.24, 2.45) is 20.0 Å². The largest absolute Gasteiger partial charge is 0.496 e. The van der Waals surface area contributed by atoms with Gasteiger partial charge in [0, 0.05) is 70.4 Å². The summed E-state index contributed by atoms with van der Waals surface area (Å²) < 4.78 is 17.1. The van der Waals surface area contributed by atoms with E-state index in [-0.39, 0.29) is 0 Å². The van der Waals surface area contributed by atoms with E-state index in [1.807, 2.05) is 52.7 Å². The van der Waals surface area contributed by atoms with Crippen LogP contribution in [0.1, 0.15) is 47.6 Å². The van der Waals surface area contributed by atoms with Crippen LogP contribution in [0.25, 0.3) is 42.7 Å². The third-order valence-corrected chi connectivity index (χ3v) is 14.1. The molecule has 0 amide bonds. The minimum atomic E-state index is -0.602. The smallest absolute Gasteiger partial charge is 0.227 e. The van der Waals surface area contributed by atoms with Crippen LogP contribution in [0, 0.1) is 19.8 Å². The van der Waals surface area contributed by atoms with Crippen LogP contribution >= 0.6 is 38.6 Å². The first kappa shape index (κ1) is 44.2. The number of fused-ring (bicyclic) bond motifs is 2. The van der Waals surface area contributed by atoms with E-state index in [9.17, 15) is 5.11 Å². The number of likely N-dealkylation sites (tertiary alicyclic amines) is 1. The number of alkyl halides is 1. The molecule has 8 aromatic rings. The number of anilines is 4. The van der Waals surface area contributed by atoms with E-state index in [4.69, 9.17) is 19.4 Å². The van der Waals surface area contributed by atoms with Crippen molar-refractivity contribution in [3.05, 3.63) is 94.5 Å². The van der Waals surface area contributed by atoms with Crippen molar-refractivity contribution in [3.8, 4) is 33.8 Å². The maximum absolute atomic E-state index is 10.3. The first-order valence-corrected chi connectivity index (χ1v) is 23.4. The number of rotatable bonds is 12. The van der Waals surface area contributed by atoms with E-state index in [2.05, 4.69) is 102 Å². The van der Waals surface area contributed by atoms with Gasteiger partial charge in [-0.25, -0.2) is 19.9 Å². The van der Waals surface area contributed by atoms with Gasteiger partial charge in [0.15, 0.2) is 0 Å². The molecule has 0 spiro atoms. The number of methoxy groups -OCH3 is 2. The molecule has 7 heterocycles. The van der Waals surface area contributed by atoms with Crippen molar-refractivity contribution in [1.82, 2.24) is 44.4 Å². The van der Waals surface area contributed by atoms with Gasteiger partial charge in [0.25, 0.3) is 0 Å². The zero-order chi connectivity index (χ0) is 44.4. The maximum atomic E-state index is 10.3. The highest BCUT2D eigenvalue weighted by Gasteiger charge is 2.30. The van der Waals surface area contributed by atoms with E-state index in [1.165, 1.54) is 20.9 Å². The zero-order valence-electron chi connectivity index (χ0n) is 36.7. The van der Waals surface area contributed by atoms with E-state index in [0.29, 0.717) is 17.8 Å². The summed E-state index contributed by atoms with van der Waals surface area (Å²) in [6.45, 7) is 10.9. The summed E-state index contributed by atoms with van der Waals surface area (Å²) in [4.78, 5) is 23.4. The van der Waals surface area contributed by atoms with Gasteiger partial charge >= 0.3 is 0 Å². The van der Waals surface area contributed by atoms with Crippen LogP contribution in [0.5, 0.6) is 11.5 Å². The fourth-order valence-electron chi connectivity index (χ4n) is 8.12. The summed E-state index contributed by atoms with van der Waals surface area (Å²) in [5.74, 6) is 3.14. The number of aromatic nitrogens is 8. The van der Waals surface area contributed by atoms with Gasteiger partial charge in [0.1, 0.15) is 11.5 Å². The molecule has 6 aromatic heterocycles. The molecule has 14 nitrogen and oxygen atoms in total. The van der Waals surface area contributed by atoms with E-state index < -0.39 is 5.60 Å². The SMILES string of the molecule is COc1cc(CBr)ccc1-c1c(C)sc2cnc(Nc3cnn(C)c3)nc12.COc1cc(CN2CCC(C(C)(C)O)CC2)ccc1-c1c(C)sc2cnc(Nc3cnn(C)c3)nc12. The number of piperidine rings is 1. The van der Waals surface area contributed by atoms with Crippen LogP contribution in [-0.2, 0) is 26.0 Å². The fourth-order valence-corrected chi connectivity index (χ4v) is 10.4. The maximum Gasteiger partial charge on any atom is 0.227 e. The second-order valence-electron chi connectivity index (χ2n) is 16.3. The number of benzene rings is 2. The van der Waals surface area contributed by atoms with Gasteiger partial charge in [-0.2, -0.15) is 10.2 Å². The highest BCUT2D eigenvalue weighted by Crippen LogP contribution is 2.43. The number of nitrogens with one attached hydrogen (secondary N) is 2. The van der Waals surface area contributed by atoms with E-state index in [1.54, 1.807) is 58.7 Å². The van der Waals surface area contributed by atoms with Crippen LogP contribution in [-0.4, -0.2) is 82.4 Å². The van der Waals surface area contributed by atoms with Crippen molar-refractivity contribution in [2.45, 2.75) is 58.0 Å². The lowest BCUT2D eigenvalue weighted by Crippen LogP contribution is -2.41. The summed E-state index contributed by atoms with van der Waals surface area (Å²) >= 11 is 6.88. The zero-order valence-corrected chi connectivity index (χ0v) is 40.0. The normalized spacial score (nSPS) is 13.6. The molecule has 0 atom stereocenters. The lowest BCUT2D eigenvalue weighted by Gasteiger charge is -2.37. The molecule has 0 aliphatic carbocycles. The molecule has 0 unspecified atom stereocenters. The van der Waals surface area contributed by atoms with E-state index in [0.717, 1.165) is 103 Å². The summed E-state index contributed by atoms with van der Waals surface area (Å²) in [6, 6.07) is 12.8. The summed E-state index contributed by atoms with van der Waals surface area (Å²) in [6.07, 6.45) is 13.1. The van der Waals surface area contributed by atoms with Crippen molar-refractivity contribution in [3.63, 3.8) is 0 Å². The average Bonchev–Trinajstić information content (AvgIpc) is 4.04. The Labute approximate surface area is 383 Å². The molecule has 0 saturated carbocycles. The Hall–Kier alpha value is -5.46. The second-order valence-corrected chi connectivity index (χ2v) is 19.4. The number of nitrogens with zero attached hydrogens (tertiary/aromatic N) is 9. The Balaban J connectivity index is 0.000000180. The minimum absolute atomic E-state index is 0.361. The highest BCUT2D eigenvalue weighted by molar-refractivity contribution is 9.08. The Kier molecular flexibility index (Phi) is 13.1. The number of aliphatic hydroxyl groups is 1. The summed E-state index contributed by atoms with van der Waals surface area (Å²) in [5.41, 5.74) is 9.57. The number of aryl methyl sites for hydroxylation is 4. The topological polar surface area (TPSA) is 153 Å². The Bertz CT molecular complexity index is 2870. The third-order valence-electron chi connectivity index (χ3n) is 11.4. The molecule has 63 heavy (non-hydrogen) atoms. The van der Waals surface area contributed by atoms with Gasteiger partial charge in [0.05, 0.1) is 76.4 Å². The number of hydrogen-bond donors (Lipinski definition) is 3. The van der Waals surface area contributed by atoms with Crippen LogP contribution in [0.4, 0.5) is 23.3 Å². The van der Waals surface area contributed by atoms with Gasteiger partial charge in [-0.3, -0.25) is 14.3 Å². The van der Waals surface area contributed by atoms with Gasteiger partial charge in [-0.05, 0) is 82.8 Å². The molecular weight excluding hydrogens is 899 g/mol. The van der Waals surface area contributed by atoms with Gasteiger partial charge in [-0.15, -0.1) is 22.7 Å². The van der Waals surface area contributed by atoms with Gasteiger partial charge in [-0.1, -0.05) is 40.2 Å². The molecule has 0 bridgehead atoms. The van der Waals surface area contributed by atoms with Crippen LogP contribution < -0.4 is 20.1 Å². The lowest BCUT2D eigenvalue weighted by molar-refractivity contribution is -0.0136. The number of thiophene rings is 2. The summed E-state index contributed by atoms with van der Waals surface area (Å²) in [7, 11) is 7.18. The molecule has 17 heteroatoms. The Morgan fingerprint density at radius 2 is 1.22 bits per heavy atom. The minimum Gasteiger partial charge on any atom is -0.496 e. The van der Waals surface area contributed by atoms with Crippen molar-refractivity contribution in [1.29, 1.82) is 0 Å². The monoisotopic (exact) mass is 949 g/mol. The molecule has 2 aromatic carbocycles. The van der Waals surface area contributed by atoms with Crippen molar-refractivity contribution >= 4 is 82.3 Å². The van der Waals surface area contributed by atoms with Gasteiger partial charge in [0.2, 0.25) is 11.9 Å². The highest BCUT2D eigenvalue weighted by atomic mass is 79.9. The molecule has 328 valence electrons. The van der Waals surface area contributed by atoms with Gasteiger partial charge < -0.3 is 25.2 Å². The molecule has 9 rings (SSSR count). The average molecular weight is 951 g/mol. The summed E-state index contributed by atoms with van der Waals surface area (Å²) in [5, 5.41) is 26.0. The number of halogens is 1.